The molecule has 166 valence electrons. The highest BCUT2D eigenvalue weighted by molar-refractivity contribution is 7.98. The molecule has 0 aliphatic heterocycles. The quantitative estimate of drug-likeness (QED) is 0.314. The largest absolute Gasteiger partial charge is 0.485 e. The van der Waals surface area contributed by atoms with E-state index in [1.807, 2.05) is 78.4 Å². The van der Waals surface area contributed by atoms with Gasteiger partial charge in [0.15, 0.2) is 15.9 Å². The average molecular weight is 476 g/mol. The number of aromatic nitrogens is 5. The van der Waals surface area contributed by atoms with Gasteiger partial charge in [-0.1, -0.05) is 48.2 Å². The van der Waals surface area contributed by atoms with E-state index in [1.54, 1.807) is 10.5 Å². The molecule has 0 atom stereocenters. The van der Waals surface area contributed by atoms with E-state index in [1.165, 1.54) is 23.1 Å². The molecule has 0 fully saturated rings. The van der Waals surface area contributed by atoms with Gasteiger partial charge in [-0.3, -0.25) is 13.8 Å². The standard InChI is InChI=1S/C24H21N5O2S2/c1-16-8-6-7-11-20(16)31-13-21-26-27-24(29(21)19-9-4-3-5-10-19)33-15-18-12-22(30)28-17(2)14-32-23(28)25-18/h3-12,14H,13,15H2,1-2H3. The monoisotopic (exact) mass is 475 g/mol. The number of ether oxygens (including phenoxy) is 1. The number of aryl methyl sites for hydroxylation is 2. The second-order valence-corrected chi connectivity index (χ2v) is 9.27. The summed E-state index contributed by atoms with van der Waals surface area (Å²) in [6, 6.07) is 19.4. The normalized spacial score (nSPS) is 11.2. The molecule has 33 heavy (non-hydrogen) atoms. The molecule has 0 saturated heterocycles. The number of thiazole rings is 1. The van der Waals surface area contributed by atoms with Crippen molar-refractivity contribution in [2.45, 2.75) is 31.4 Å². The van der Waals surface area contributed by atoms with E-state index >= 15 is 0 Å². The number of hydrogen-bond acceptors (Lipinski definition) is 7. The molecule has 5 rings (SSSR count). The van der Waals surface area contributed by atoms with Crippen LogP contribution in [0.2, 0.25) is 0 Å². The highest BCUT2D eigenvalue weighted by atomic mass is 32.2. The molecule has 2 aromatic carbocycles. The van der Waals surface area contributed by atoms with Gasteiger partial charge in [0, 0.05) is 28.6 Å². The number of fused-ring (bicyclic) bond motifs is 1. The molecular formula is C24H21N5O2S2. The van der Waals surface area contributed by atoms with Crippen LogP contribution < -0.4 is 10.3 Å². The Morgan fingerprint density at radius 1 is 1.03 bits per heavy atom. The summed E-state index contributed by atoms with van der Waals surface area (Å²) >= 11 is 2.96. The van der Waals surface area contributed by atoms with Crippen molar-refractivity contribution in [2.24, 2.45) is 0 Å². The smallest absolute Gasteiger partial charge is 0.258 e. The Labute approximate surface area is 198 Å². The third kappa shape index (κ3) is 4.42. The highest BCUT2D eigenvalue weighted by Crippen LogP contribution is 2.26. The Morgan fingerprint density at radius 2 is 1.82 bits per heavy atom. The average Bonchev–Trinajstić information content (AvgIpc) is 3.41. The van der Waals surface area contributed by atoms with Crippen molar-refractivity contribution >= 4 is 28.1 Å². The summed E-state index contributed by atoms with van der Waals surface area (Å²) in [5, 5.41) is 11.5. The Balaban J connectivity index is 1.42. The van der Waals surface area contributed by atoms with Crippen LogP contribution in [-0.4, -0.2) is 24.1 Å². The van der Waals surface area contributed by atoms with Crippen LogP contribution >= 0.6 is 23.1 Å². The molecule has 0 spiro atoms. The third-order valence-corrected chi connectivity index (χ3v) is 7.05. The van der Waals surface area contributed by atoms with Crippen molar-refractivity contribution in [1.82, 2.24) is 24.1 Å². The maximum Gasteiger partial charge on any atom is 0.258 e. The first kappa shape index (κ1) is 21.4. The molecule has 0 saturated carbocycles. The predicted molar refractivity (Wildman–Crippen MR) is 131 cm³/mol. The fraction of sp³-hybridized carbons (Fsp3) is 0.167. The number of nitrogens with zero attached hydrogens (tertiary/aromatic N) is 5. The van der Waals surface area contributed by atoms with E-state index in [-0.39, 0.29) is 12.2 Å². The van der Waals surface area contributed by atoms with E-state index in [4.69, 9.17) is 4.74 Å². The minimum Gasteiger partial charge on any atom is -0.485 e. The van der Waals surface area contributed by atoms with Gasteiger partial charge in [0.25, 0.3) is 5.56 Å². The van der Waals surface area contributed by atoms with Crippen molar-refractivity contribution in [2.75, 3.05) is 0 Å². The lowest BCUT2D eigenvalue weighted by Gasteiger charge is -2.12. The van der Waals surface area contributed by atoms with Crippen molar-refractivity contribution in [3.63, 3.8) is 0 Å². The van der Waals surface area contributed by atoms with Gasteiger partial charge in [0.2, 0.25) is 0 Å². The molecule has 5 aromatic rings. The molecule has 3 heterocycles. The Bertz CT molecular complexity index is 1470. The maximum absolute atomic E-state index is 12.5. The molecule has 0 radical (unpaired) electrons. The number of rotatable bonds is 7. The topological polar surface area (TPSA) is 74.3 Å². The zero-order valence-electron chi connectivity index (χ0n) is 18.1. The molecule has 0 amide bonds. The Morgan fingerprint density at radius 3 is 2.64 bits per heavy atom. The van der Waals surface area contributed by atoms with E-state index in [0.29, 0.717) is 27.4 Å². The van der Waals surface area contributed by atoms with Crippen LogP contribution in [-0.2, 0) is 12.4 Å². The maximum atomic E-state index is 12.5. The van der Waals surface area contributed by atoms with Crippen LogP contribution in [0.15, 0.2) is 76.0 Å². The fourth-order valence-electron chi connectivity index (χ4n) is 3.50. The van der Waals surface area contributed by atoms with Crippen molar-refractivity contribution in [3.8, 4) is 11.4 Å². The van der Waals surface area contributed by atoms with Gasteiger partial charge < -0.3 is 4.74 Å². The third-order valence-electron chi connectivity index (χ3n) is 5.14. The van der Waals surface area contributed by atoms with Crippen molar-refractivity contribution < 1.29 is 4.74 Å². The van der Waals surface area contributed by atoms with Gasteiger partial charge in [-0.15, -0.1) is 21.5 Å². The molecule has 0 N–H and O–H groups in total. The summed E-state index contributed by atoms with van der Waals surface area (Å²) in [5.74, 6) is 2.02. The molecule has 0 aliphatic rings. The second-order valence-electron chi connectivity index (χ2n) is 7.49. The zero-order valence-corrected chi connectivity index (χ0v) is 19.8. The molecular weight excluding hydrogens is 454 g/mol. The summed E-state index contributed by atoms with van der Waals surface area (Å²) in [5.41, 5.74) is 3.56. The molecule has 7 nitrogen and oxygen atoms in total. The van der Waals surface area contributed by atoms with Crippen molar-refractivity contribution in [1.29, 1.82) is 0 Å². The minimum atomic E-state index is -0.0637. The Hall–Kier alpha value is -3.43. The van der Waals surface area contributed by atoms with Crippen LogP contribution in [0.3, 0.4) is 0 Å². The van der Waals surface area contributed by atoms with Crippen molar-refractivity contribution in [3.05, 3.63) is 99.2 Å². The molecule has 0 bridgehead atoms. The fourth-order valence-corrected chi connectivity index (χ4v) is 5.25. The van der Waals surface area contributed by atoms with Crippen LogP contribution in [0, 0.1) is 13.8 Å². The minimum absolute atomic E-state index is 0.0637. The SMILES string of the molecule is Cc1ccccc1OCc1nnc(SCc2cc(=O)n3c(C)csc3n2)n1-c1ccccc1. The van der Waals surface area contributed by atoms with Gasteiger partial charge in [-0.25, -0.2) is 4.98 Å². The Kier molecular flexibility index (Phi) is 5.97. The zero-order chi connectivity index (χ0) is 22.8. The lowest BCUT2D eigenvalue weighted by Crippen LogP contribution is -2.14. The second kappa shape index (κ2) is 9.21. The van der Waals surface area contributed by atoms with Gasteiger partial charge in [0.05, 0.1) is 5.69 Å². The molecule has 0 unspecified atom stereocenters. The summed E-state index contributed by atoms with van der Waals surface area (Å²) in [6.07, 6.45) is 0. The summed E-state index contributed by atoms with van der Waals surface area (Å²) in [7, 11) is 0. The van der Waals surface area contributed by atoms with Crippen LogP contribution in [0.1, 0.15) is 22.8 Å². The number of para-hydroxylation sites is 2. The van der Waals surface area contributed by atoms with E-state index in [2.05, 4.69) is 15.2 Å². The summed E-state index contributed by atoms with van der Waals surface area (Å²) in [4.78, 5) is 17.9. The molecule has 9 heteroatoms. The summed E-state index contributed by atoms with van der Waals surface area (Å²) < 4.78 is 9.66. The predicted octanol–water partition coefficient (Wildman–Crippen LogP) is 4.82. The van der Waals surface area contributed by atoms with E-state index < -0.39 is 0 Å². The number of thioether (sulfide) groups is 1. The molecule has 0 aliphatic carbocycles. The van der Waals surface area contributed by atoms with E-state index in [0.717, 1.165) is 22.7 Å². The number of hydrogen-bond donors (Lipinski definition) is 0. The molecule has 3 aromatic heterocycles. The van der Waals surface area contributed by atoms with Gasteiger partial charge in [-0.05, 0) is 37.6 Å². The lowest BCUT2D eigenvalue weighted by molar-refractivity contribution is 0.291. The highest BCUT2D eigenvalue weighted by Gasteiger charge is 2.16. The number of benzene rings is 2. The van der Waals surface area contributed by atoms with Crippen LogP contribution in [0.25, 0.3) is 10.6 Å². The van der Waals surface area contributed by atoms with Gasteiger partial charge >= 0.3 is 0 Å². The van der Waals surface area contributed by atoms with Crippen LogP contribution in [0.4, 0.5) is 0 Å². The van der Waals surface area contributed by atoms with Gasteiger partial charge in [0.1, 0.15) is 12.4 Å². The first-order valence-corrected chi connectivity index (χ1v) is 12.2. The van der Waals surface area contributed by atoms with E-state index in [9.17, 15) is 4.79 Å². The first-order chi connectivity index (χ1) is 16.1. The summed E-state index contributed by atoms with van der Waals surface area (Å²) in [6.45, 7) is 4.21. The van der Waals surface area contributed by atoms with Crippen LogP contribution in [0.5, 0.6) is 5.75 Å². The first-order valence-electron chi connectivity index (χ1n) is 10.4. The van der Waals surface area contributed by atoms with Gasteiger partial charge in [-0.2, -0.15) is 0 Å². The lowest BCUT2D eigenvalue weighted by atomic mass is 10.2.